The van der Waals surface area contributed by atoms with Gasteiger partial charge in [0.05, 0.1) is 17.7 Å². The quantitative estimate of drug-likeness (QED) is 0.743. The lowest BCUT2D eigenvalue weighted by atomic mass is 10.2. The van der Waals surface area contributed by atoms with Crippen LogP contribution in [0, 0.1) is 0 Å². The number of nitrogens with zero attached hydrogens (tertiary/aromatic N) is 4. The Morgan fingerprint density at radius 2 is 1.90 bits per heavy atom. The zero-order chi connectivity index (χ0) is 21.0. The van der Waals surface area contributed by atoms with Crippen molar-refractivity contribution < 1.29 is 14.3 Å². The van der Waals surface area contributed by atoms with E-state index in [1.807, 2.05) is 0 Å². The first kappa shape index (κ1) is 21.4. The van der Waals surface area contributed by atoms with Crippen LogP contribution >= 0.6 is 23.2 Å². The van der Waals surface area contributed by atoms with Gasteiger partial charge in [0, 0.05) is 57.5 Å². The van der Waals surface area contributed by atoms with Crippen LogP contribution in [0.25, 0.3) is 0 Å². The molecule has 3 rings (SSSR count). The highest BCUT2D eigenvalue weighted by molar-refractivity contribution is 6.36. The molecule has 29 heavy (non-hydrogen) atoms. The van der Waals surface area contributed by atoms with Crippen LogP contribution in [0.4, 0.5) is 0 Å². The maximum atomic E-state index is 12.7. The molecule has 0 unspecified atom stereocenters. The monoisotopic (exact) mass is 439 g/mol. The highest BCUT2D eigenvalue weighted by atomic mass is 35.5. The third kappa shape index (κ3) is 5.20. The van der Waals surface area contributed by atoms with Crippen molar-refractivity contribution in [2.24, 2.45) is 7.05 Å². The maximum absolute atomic E-state index is 12.7. The number of aromatic nitrogens is 2. The van der Waals surface area contributed by atoms with E-state index < -0.39 is 0 Å². The molecule has 1 saturated heterocycles. The van der Waals surface area contributed by atoms with Gasteiger partial charge in [0.1, 0.15) is 5.56 Å². The van der Waals surface area contributed by atoms with Crippen LogP contribution in [0.5, 0.6) is 5.88 Å². The molecule has 2 amide bonds. The smallest absolute Gasteiger partial charge is 0.261 e. The number of aryl methyl sites for hydroxylation is 1. The molecule has 8 nitrogen and oxygen atoms in total. The summed E-state index contributed by atoms with van der Waals surface area (Å²) in [6.07, 6.45) is 1.67. The fourth-order valence-electron chi connectivity index (χ4n) is 3.21. The van der Waals surface area contributed by atoms with Crippen LogP contribution in [0.1, 0.15) is 20.7 Å². The molecule has 0 atom stereocenters. The minimum atomic E-state index is -0.232. The Hall–Kier alpha value is -2.29. The lowest BCUT2D eigenvalue weighted by Gasteiger charge is -2.34. The summed E-state index contributed by atoms with van der Waals surface area (Å²) in [5, 5.41) is 7.82. The Morgan fingerprint density at radius 3 is 2.55 bits per heavy atom. The van der Waals surface area contributed by atoms with E-state index in [0.29, 0.717) is 53.2 Å². The molecule has 0 spiro atoms. The Kier molecular flexibility index (Phi) is 7.00. The summed E-state index contributed by atoms with van der Waals surface area (Å²) >= 11 is 11.9. The SMILES string of the molecule is COc1nn(C)cc1C(=O)N1CCN(CCNC(=O)c2ccc(Cl)cc2Cl)CC1. The number of nitrogens with one attached hydrogen (secondary N) is 1. The zero-order valence-electron chi connectivity index (χ0n) is 16.3. The highest BCUT2D eigenvalue weighted by Gasteiger charge is 2.26. The summed E-state index contributed by atoms with van der Waals surface area (Å²) in [7, 11) is 3.26. The van der Waals surface area contributed by atoms with Gasteiger partial charge >= 0.3 is 0 Å². The minimum absolute atomic E-state index is 0.0831. The predicted octanol–water partition coefficient (Wildman–Crippen LogP) is 1.92. The van der Waals surface area contributed by atoms with Gasteiger partial charge in [0.2, 0.25) is 5.88 Å². The van der Waals surface area contributed by atoms with E-state index in [-0.39, 0.29) is 11.8 Å². The minimum Gasteiger partial charge on any atom is -0.479 e. The van der Waals surface area contributed by atoms with Crippen LogP contribution in [0.15, 0.2) is 24.4 Å². The lowest BCUT2D eigenvalue weighted by Crippen LogP contribution is -2.50. The molecule has 0 bridgehead atoms. The number of amides is 2. The molecule has 0 saturated carbocycles. The average molecular weight is 440 g/mol. The summed E-state index contributed by atoms with van der Waals surface area (Å²) in [6, 6.07) is 4.79. The van der Waals surface area contributed by atoms with Crippen molar-refractivity contribution in [2.75, 3.05) is 46.4 Å². The van der Waals surface area contributed by atoms with E-state index >= 15 is 0 Å². The molecule has 1 aliphatic heterocycles. The lowest BCUT2D eigenvalue weighted by molar-refractivity contribution is 0.0635. The summed E-state index contributed by atoms with van der Waals surface area (Å²) in [6.45, 7) is 3.84. The third-order valence-corrected chi connectivity index (χ3v) is 5.32. The second-order valence-corrected chi connectivity index (χ2v) is 7.58. The van der Waals surface area contributed by atoms with Crippen LogP contribution in [-0.4, -0.2) is 77.8 Å². The van der Waals surface area contributed by atoms with Gasteiger partial charge in [-0.1, -0.05) is 23.2 Å². The molecule has 1 aromatic heterocycles. The number of hydrogen-bond donors (Lipinski definition) is 1. The largest absolute Gasteiger partial charge is 0.479 e. The van der Waals surface area contributed by atoms with Gasteiger partial charge in [-0.15, -0.1) is 5.10 Å². The van der Waals surface area contributed by atoms with Gasteiger partial charge < -0.3 is 15.0 Å². The van der Waals surface area contributed by atoms with Crippen molar-refractivity contribution in [2.45, 2.75) is 0 Å². The van der Waals surface area contributed by atoms with Gasteiger partial charge in [-0.25, -0.2) is 0 Å². The highest BCUT2D eigenvalue weighted by Crippen LogP contribution is 2.21. The standard InChI is InChI=1S/C19H23Cl2N5O3/c1-24-12-15(18(23-24)29-2)19(28)26-9-7-25(8-10-26)6-5-22-17(27)14-4-3-13(20)11-16(14)21/h3-4,11-12H,5-10H2,1-2H3,(H,22,27). The van der Waals surface area contributed by atoms with Crippen LogP contribution in [-0.2, 0) is 7.05 Å². The van der Waals surface area contributed by atoms with Gasteiger partial charge in [-0.3, -0.25) is 19.2 Å². The number of hydrogen-bond acceptors (Lipinski definition) is 5. The molecule has 10 heteroatoms. The van der Waals surface area contributed by atoms with Crippen molar-refractivity contribution in [1.29, 1.82) is 0 Å². The molecular formula is C19H23Cl2N5O3. The zero-order valence-corrected chi connectivity index (χ0v) is 17.8. The van der Waals surface area contributed by atoms with Crippen LogP contribution in [0.3, 0.4) is 0 Å². The van der Waals surface area contributed by atoms with Crippen molar-refractivity contribution in [3.63, 3.8) is 0 Å². The number of halogens is 2. The van der Waals surface area contributed by atoms with E-state index in [2.05, 4.69) is 15.3 Å². The molecular weight excluding hydrogens is 417 g/mol. The second-order valence-electron chi connectivity index (χ2n) is 6.74. The first-order valence-corrected chi connectivity index (χ1v) is 9.97. The molecule has 0 aliphatic carbocycles. The van der Waals surface area contributed by atoms with E-state index in [4.69, 9.17) is 27.9 Å². The van der Waals surface area contributed by atoms with Crippen molar-refractivity contribution in [1.82, 2.24) is 24.9 Å². The Bertz CT molecular complexity index is 894. The summed E-state index contributed by atoms with van der Waals surface area (Å²) < 4.78 is 6.75. The van der Waals surface area contributed by atoms with E-state index in [1.54, 1.807) is 41.0 Å². The molecule has 0 radical (unpaired) electrons. The van der Waals surface area contributed by atoms with Crippen LogP contribution in [0.2, 0.25) is 10.0 Å². The fourth-order valence-corrected chi connectivity index (χ4v) is 3.70. The van der Waals surface area contributed by atoms with Crippen molar-refractivity contribution >= 4 is 35.0 Å². The Balaban J connectivity index is 1.45. The molecule has 1 aliphatic rings. The third-order valence-electron chi connectivity index (χ3n) is 4.77. The van der Waals surface area contributed by atoms with Gasteiger partial charge in [0.25, 0.3) is 11.8 Å². The van der Waals surface area contributed by atoms with E-state index in [0.717, 1.165) is 13.1 Å². The summed E-state index contributed by atoms with van der Waals surface area (Å²) in [4.78, 5) is 29.0. The summed E-state index contributed by atoms with van der Waals surface area (Å²) in [5.74, 6) is 0.0212. The van der Waals surface area contributed by atoms with Gasteiger partial charge in [-0.05, 0) is 18.2 Å². The number of carbonyl (C=O) groups is 2. The van der Waals surface area contributed by atoms with Crippen molar-refractivity contribution in [3.05, 3.63) is 45.6 Å². The molecule has 1 N–H and O–H groups in total. The second kappa shape index (κ2) is 9.47. The van der Waals surface area contributed by atoms with E-state index in [1.165, 1.54) is 7.11 Å². The van der Waals surface area contributed by atoms with Gasteiger partial charge in [0.15, 0.2) is 0 Å². The van der Waals surface area contributed by atoms with Gasteiger partial charge in [-0.2, -0.15) is 0 Å². The number of rotatable bonds is 6. The first-order valence-electron chi connectivity index (χ1n) is 9.21. The normalized spacial score (nSPS) is 14.7. The number of piperazine rings is 1. The molecule has 2 aromatic rings. The molecule has 156 valence electrons. The van der Waals surface area contributed by atoms with Crippen LogP contribution < -0.4 is 10.1 Å². The number of methoxy groups -OCH3 is 1. The number of benzene rings is 1. The molecule has 2 heterocycles. The maximum Gasteiger partial charge on any atom is 0.261 e. The summed E-state index contributed by atoms with van der Waals surface area (Å²) in [5.41, 5.74) is 0.868. The Morgan fingerprint density at radius 1 is 1.17 bits per heavy atom. The molecule has 1 aromatic carbocycles. The fraction of sp³-hybridized carbons (Fsp3) is 0.421. The topological polar surface area (TPSA) is 79.7 Å². The number of ether oxygens (including phenoxy) is 1. The Labute approximate surface area is 179 Å². The first-order chi connectivity index (χ1) is 13.9. The average Bonchev–Trinajstić information content (AvgIpc) is 3.08. The van der Waals surface area contributed by atoms with Crippen molar-refractivity contribution in [3.8, 4) is 5.88 Å². The van der Waals surface area contributed by atoms with E-state index in [9.17, 15) is 9.59 Å². The predicted molar refractivity (Wildman–Crippen MR) is 111 cm³/mol. The number of carbonyl (C=O) groups excluding carboxylic acids is 2. The molecule has 1 fully saturated rings.